The molecule has 2 aromatic heterocycles. The maximum atomic E-state index is 14.5. The van der Waals surface area contributed by atoms with E-state index in [0.717, 1.165) is 33.9 Å². The Kier molecular flexibility index (Phi) is 5.67. The summed E-state index contributed by atoms with van der Waals surface area (Å²) < 4.78 is 16.6. The molecular weight excluding hydrogens is 381 g/mol. The second-order valence-electron chi connectivity index (χ2n) is 6.94. The molecule has 0 N–H and O–H groups in total. The lowest BCUT2D eigenvalue weighted by molar-refractivity contribution is 0.623. The fourth-order valence-corrected chi connectivity index (χ4v) is 4.19. The van der Waals surface area contributed by atoms with Crippen LogP contribution in [0.2, 0.25) is 0 Å². The van der Waals surface area contributed by atoms with Gasteiger partial charge in [-0.15, -0.1) is 11.3 Å². The van der Waals surface area contributed by atoms with Crippen LogP contribution < -0.4 is 4.80 Å². The third-order valence-electron chi connectivity index (χ3n) is 5.06. The van der Waals surface area contributed by atoms with E-state index in [0.29, 0.717) is 12.1 Å². The van der Waals surface area contributed by atoms with E-state index in [-0.39, 0.29) is 5.82 Å². The zero-order valence-corrected chi connectivity index (χ0v) is 17.3. The van der Waals surface area contributed by atoms with E-state index in [1.165, 1.54) is 23.0 Å². The quantitative estimate of drug-likeness (QED) is 0.411. The molecule has 0 bridgehead atoms. The van der Waals surface area contributed by atoms with Crippen molar-refractivity contribution in [1.82, 2.24) is 9.55 Å². The number of aryl methyl sites for hydroxylation is 2. The Morgan fingerprint density at radius 3 is 2.62 bits per heavy atom. The smallest absolute Gasteiger partial charge is 0.190 e. The summed E-state index contributed by atoms with van der Waals surface area (Å²) >= 11 is 1.53. The normalized spacial score (nSPS) is 11.8. The third-order valence-corrected chi connectivity index (χ3v) is 5.92. The van der Waals surface area contributed by atoms with Crippen molar-refractivity contribution in [3.05, 3.63) is 99.7 Å². The molecule has 4 rings (SSSR count). The first-order valence-corrected chi connectivity index (χ1v) is 10.5. The molecule has 0 saturated carbocycles. The molecule has 0 aliphatic rings. The van der Waals surface area contributed by atoms with Crippen molar-refractivity contribution in [1.29, 1.82) is 0 Å². The lowest BCUT2D eigenvalue weighted by Gasteiger charge is -2.10. The molecule has 0 aliphatic carbocycles. The maximum Gasteiger partial charge on any atom is 0.190 e. The summed E-state index contributed by atoms with van der Waals surface area (Å²) in [4.78, 5) is 10.2. The van der Waals surface area contributed by atoms with Gasteiger partial charge in [-0.25, -0.2) is 9.38 Å². The van der Waals surface area contributed by atoms with Gasteiger partial charge in [-0.3, -0.25) is 4.98 Å². The summed E-state index contributed by atoms with van der Waals surface area (Å²) in [5.41, 5.74) is 5.74. The second-order valence-corrected chi connectivity index (χ2v) is 7.77. The minimum atomic E-state index is -0.227. The molecule has 146 valence electrons. The first-order chi connectivity index (χ1) is 14.1. The topological polar surface area (TPSA) is 30.2 Å². The van der Waals surface area contributed by atoms with Crippen molar-refractivity contribution in [2.24, 2.45) is 4.99 Å². The van der Waals surface area contributed by atoms with Crippen molar-refractivity contribution in [2.75, 3.05) is 0 Å². The molecule has 3 nitrogen and oxygen atoms in total. The number of halogens is 1. The largest absolute Gasteiger partial charge is 0.316 e. The van der Waals surface area contributed by atoms with Crippen LogP contribution in [0.25, 0.3) is 11.3 Å². The summed E-state index contributed by atoms with van der Waals surface area (Å²) in [6, 6.07) is 18.9. The van der Waals surface area contributed by atoms with Crippen LogP contribution in [-0.4, -0.2) is 9.55 Å². The minimum Gasteiger partial charge on any atom is -0.316 e. The van der Waals surface area contributed by atoms with Crippen molar-refractivity contribution in [3.63, 3.8) is 0 Å². The number of rotatable bonds is 5. The van der Waals surface area contributed by atoms with Crippen LogP contribution in [0.1, 0.15) is 16.8 Å². The highest BCUT2D eigenvalue weighted by Gasteiger charge is 2.12. The molecule has 2 aromatic carbocycles. The van der Waals surface area contributed by atoms with Crippen molar-refractivity contribution in [2.45, 2.75) is 26.8 Å². The molecule has 0 unspecified atom stereocenters. The molecule has 0 fully saturated rings. The van der Waals surface area contributed by atoms with Gasteiger partial charge in [0.25, 0.3) is 0 Å². The molecule has 29 heavy (non-hydrogen) atoms. The van der Waals surface area contributed by atoms with Crippen LogP contribution in [0, 0.1) is 19.7 Å². The van der Waals surface area contributed by atoms with Crippen molar-refractivity contribution < 1.29 is 4.39 Å². The number of hydrogen-bond acceptors (Lipinski definition) is 3. The van der Waals surface area contributed by atoms with Gasteiger partial charge in [0.1, 0.15) is 5.82 Å². The fraction of sp³-hybridized carbons (Fsp3) is 0.167. The molecule has 0 spiro atoms. The van der Waals surface area contributed by atoms with Crippen LogP contribution in [-0.2, 0) is 13.0 Å². The van der Waals surface area contributed by atoms with E-state index in [2.05, 4.69) is 29.5 Å². The number of nitrogens with zero attached hydrogens (tertiary/aromatic N) is 3. The van der Waals surface area contributed by atoms with E-state index in [9.17, 15) is 4.39 Å². The lowest BCUT2D eigenvalue weighted by Crippen LogP contribution is -2.18. The van der Waals surface area contributed by atoms with Gasteiger partial charge in [0.15, 0.2) is 4.80 Å². The van der Waals surface area contributed by atoms with Crippen LogP contribution in [0.4, 0.5) is 10.1 Å². The standard InChI is InChI=1S/C24H22FN3S/c1-17-8-7-12-22(18(17)2)27-24-28(15-13-19-9-5-6-14-26-19)23(16-29-24)20-10-3-4-11-21(20)25/h3-12,14,16H,13,15H2,1-2H3. The average Bonchev–Trinajstić information content (AvgIpc) is 3.13. The number of benzene rings is 2. The van der Waals surface area contributed by atoms with Gasteiger partial charge in [0.2, 0.25) is 0 Å². The molecule has 2 heterocycles. The van der Waals surface area contributed by atoms with Gasteiger partial charge >= 0.3 is 0 Å². The summed E-state index contributed by atoms with van der Waals surface area (Å²) in [7, 11) is 0. The number of hydrogen-bond donors (Lipinski definition) is 0. The van der Waals surface area contributed by atoms with Crippen LogP contribution in [0.5, 0.6) is 0 Å². The van der Waals surface area contributed by atoms with Gasteiger partial charge in [0.05, 0.1) is 11.4 Å². The minimum absolute atomic E-state index is 0.227. The molecule has 5 heteroatoms. The lowest BCUT2D eigenvalue weighted by atomic mass is 10.1. The Balaban J connectivity index is 1.82. The Morgan fingerprint density at radius 1 is 1.00 bits per heavy atom. The summed E-state index contributed by atoms with van der Waals surface area (Å²) in [6.07, 6.45) is 2.55. The van der Waals surface area contributed by atoms with E-state index in [4.69, 9.17) is 4.99 Å². The first-order valence-electron chi connectivity index (χ1n) is 9.57. The van der Waals surface area contributed by atoms with Crippen molar-refractivity contribution >= 4 is 17.0 Å². The molecular formula is C24H22FN3S. The molecule has 4 aromatic rings. The van der Waals surface area contributed by atoms with Crippen LogP contribution in [0.15, 0.2) is 77.2 Å². The number of thiazole rings is 1. The highest BCUT2D eigenvalue weighted by Crippen LogP contribution is 2.25. The Labute approximate surface area is 173 Å². The Morgan fingerprint density at radius 2 is 1.83 bits per heavy atom. The monoisotopic (exact) mass is 403 g/mol. The van der Waals surface area contributed by atoms with E-state index >= 15 is 0 Å². The van der Waals surface area contributed by atoms with Crippen molar-refractivity contribution in [3.8, 4) is 11.3 Å². The SMILES string of the molecule is Cc1cccc(N=c2scc(-c3ccccc3F)n2CCc2ccccn2)c1C. The summed E-state index contributed by atoms with van der Waals surface area (Å²) in [6.45, 7) is 4.84. The van der Waals surface area contributed by atoms with Crippen LogP contribution in [0.3, 0.4) is 0 Å². The second kappa shape index (κ2) is 8.53. The fourth-order valence-electron chi connectivity index (χ4n) is 3.25. The Bertz CT molecular complexity index is 1190. The molecule has 0 amide bonds. The maximum absolute atomic E-state index is 14.5. The summed E-state index contributed by atoms with van der Waals surface area (Å²) in [5, 5.41) is 1.99. The number of pyridine rings is 1. The molecule has 0 saturated heterocycles. The molecule has 0 atom stereocenters. The van der Waals surface area contributed by atoms with Gasteiger partial charge in [0, 0.05) is 35.8 Å². The molecule has 0 radical (unpaired) electrons. The third kappa shape index (κ3) is 4.20. The Hall–Kier alpha value is -3.05. The van der Waals surface area contributed by atoms with Crippen LogP contribution >= 0.6 is 11.3 Å². The summed E-state index contributed by atoms with van der Waals surface area (Å²) in [5.74, 6) is -0.227. The van der Waals surface area contributed by atoms with Gasteiger partial charge in [-0.05, 0) is 55.3 Å². The molecule has 0 aliphatic heterocycles. The zero-order valence-electron chi connectivity index (χ0n) is 16.5. The highest BCUT2D eigenvalue weighted by atomic mass is 32.1. The highest BCUT2D eigenvalue weighted by molar-refractivity contribution is 7.07. The van der Waals surface area contributed by atoms with Gasteiger partial charge in [-0.1, -0.05) is 30.3 Å². The van der Waals surface area contributed by atoms with Gasteiger partial charge in [-0.2, -0.15) is 0 Å². The predicted octanol–water partition coefficient (Wildman–Crippen LogP) is 5.84. The number of aromatic nitrogens is 2. The zero-order chi connectivity index (χ0) is 20.2. The van der Waals surface area contributed by atoms with E-state index in [1.54, 1.807) is 12.3 Å². The van der Waals surface area contributed by atoms with E-state index in [1.807, 2.05) is 47.8 Å². The predicted molar refractivity (Wildman–Crippen MR) is 117 cm³/mol. The first kappa shape index (κ1) is 19.3. The van der Waals surface area contributed by atoms with E-state index < -0.39 is 0 Å². The average molecular weight is 404 g/mol. The van der Waals surface area contributed by atoms with Gasteiger partial charge < -0.3 is 4.57 Å².